The Hall–Kier alpha value is -2.83. The molecular weight excluding hydrogens is 334 g/mol. The van der Waals surface area contributed by atoms with E-state index in [2.05, 4.69) is 17.2 Å². The highest BCUT2D eigenvalue weighted by atomic mass is 16.5. The average molecular weight is 359 g/mol. The van der Waals surface area contributed by atoms with Gasteiger partial charge >= 0.3 is 12.0 Å². The predicted molar refractivity (Wildman–Crippen MR) is 98.5 cm³/mol. The Labute approximate surface area is 153 Å². The van der Waals surface area contributed by atoms with Crippen molar-refractivity contribution in [3.8, 4) is 0 Å². The number of esters is 1. The predicted octanol–water partition coefficient (Wildman–Crippen LogP) is 2.16. The van der Waals surface area contributed by atoms with Crippen LogP contribution in [0.4, 0.5) is 10.5 Å². The van der Waals surface area contributed by atoms with Gasteiger partial charge in [0.1, 0.15) is 0 Å². The second-order valence-corrected chi connectivity index (χ2v) is 6.19. The first-order valence-corrected chi connectivity index (χ1v) is 8.71. The maximum absolute atomic E-state index is 12.4. The van der Waals surface area contributed by atoms with Crippen molar-refractivity contribution >= 4 is 23.6 Å². The highest BCUT2D eigenvalue weighted by Crippen LogP contribution is 2.19. The number of amides is 3. The van der Waals surface area contributed by atoms with Gasteiger partial charge in [-0.1, -0.05) is 24.3 Å². The van der Waals surface area contributed by atoms with Crippen LogP contribution in [0.15, 0.2) is 43.0 Å². The van der Waals surface area contributed by atoms with Crippen LogP contribution >= 0.6 is 0 Å². The Kier molecular flexibility index (Phi) is 7.20. The van der Waals surface area contributed by atoms with Gasteiger partial charge in [0.15, 0.2) is 6.10 Å². The molecule has 26 heavy (non-hydrogen) atoms. The van der Waals surface area contributed by atoms with Crippen molar-refractivity contribution < 1.29 is 19.1 Å². The van der Waals surface area contributed by atoms with E-state index in [0.29, 0.717) is 31.6 Å². The van der Waals surface area contributed by atoms with Crippen LogP contribution in [0.2, 0.25) is 0 Å². The largest absolute Gasteiger partial charge is 0.452 e. The summed E-state index contributed by atoms with van der Waals surface area (Å²) in [5, 5.41) is 5.40. The fraction of sp³-hybridized carbons (Fsp3) is 0.421. The Morgan fingerprint density at radius 2 is 2.08 bits per heavy atom. The van der Waals surface area contributed by atoms with Crippen LogP contribution in [0, 0.1) is 5.92 Å². The summed E-state index contributed by atoms with van der Waals surface area (Å²) in [6, 6.07) is 8.91. The van der Waals surface area contributed by atoms with Crippen molar-refractivity contribution in [2.75, 3.05) is 25.0 Å². The van der Waals surface area contributed by atoms with Crippen LogP contribution in [0.1, 0.15) is 19.8 Å². The fourth-order valence-corrected chi connectivity index (χ4v) is 2.72. The third-order valence-electron chi connectivity index (χ3n) is 4.15. The molecule has 1 aromatic carbocycles. The summed E-state index contributed by atoms with van der Waals surface area (Å²) in [5.41, 5.74) is 0.703. The van der Waals surface area contributed by atoms with Crippen molar-refractivity contribution in [2.24, 2.45) is 5.92 Å². The fourth-order valence-electron chi connectivity index (χ4n) is 2.72. The summed E-state index contributed by atoms with van der Waals surface area (Å²) in [6.45, 7) is 6.22. The van der Waals surface area contributed by atoms with Crippen molar-refractivity contribution in [2.45, 2.75) is 25.9 Å². The summed E-state index contributed by atoms with van der Waals surface area (Å²) in [4.78, 5) is 38.1. The number of piperidine rings is 1. The minimum absolute atomic E-state index is 0.245. The van der Waals surface area contributed by atoms with E-state index in [1.807, 2.05) is 18.2 Å². The van der Waals surface area contributed by atoms with E-state index in [9.17, 15) is 14.4 Å². The first kappa shape index (κ1) is 19.5. The molecule has 1 aliphatic heterocycles. The summed E-state index contributed by atoms with van der Waals surface area (Å²) in [7, 11) is 0. The molecule has 1 heterocycles. The molecule has 0 bridgehead atoms. The number of ether oxygens (including phenoxy) is 1. The van der Waals surface area contributed by atoms with Crippen LogP contribution in [-0.4, -0.2) is 48.5 Å². The van der Waals surface area contributed by atoms with Crippen molar-refractivity contribution in [3.05, 3.63) is 43.0 Å². The van der Waals surface area contributed by atoms with Crippen LogP contribution < -0.4 is 10.6 Å². The molecule has 2 unspecified atom stereocenters. The number of urea groups is 1. The van der Waals surface area contributed by atoms with Crippen molar-refractivity contribution in [3.63, 3.8) is 0 Å². The maximum atomic E-state index is 12.4. The van der Waals surface area contributed by atoms with E-state index in [0.717, 1.165) is 0 Å². The Morgan fingerprint density at radius 3 is 2.77 bits per heavy atom. The lowest BCUT2D eigenvalue weighted by molar-refractivity contribution is -0.159. The standard InChI is InChI=1S/C19H25N3O4/c1-3-11-20-17(23)14(2)26-18(24)15-8-7-12-22(13-15)19(25)21-16-9-5-4-6-10-16/h3-6,9-10,14-15H,1,7-8,11-13H2,2H3,(H,20,23)(H,21,25). The van der Waals surface area contributed by atoms with Crippen molar-refractivity contribution in [1.82, 2.24) is 10.2 Å². The number of nitrogens with zero attached hydrogens (tertiary/aromatic N) is 1. The van der Waals surface area contributed by atoms with Gasteiger partial charge in [0.2, 0.25) is 0 Å². The minimum atomic E-state index is -0.879. The molecule has 0 saturated carbocycles. The molecular formula is C19H25N3O4. The van der Waals surface area contributed by atoms with E-state index < -0.39 is 18.0 Å². The normalized spacial score (nSPS) is 17.7. The Bertz CT molecular complexity index is 647. The monoisotopic (exact) mass is 359 g/mol. The molecule has 0 radical (unpaired) electrons. The summed E-state index contributed by atoms with van der Waals surface area (Å²) in [6.07, 6.45) is 2.01. The lowest BCUT2D eigenvalue weighted by atomic mass is 9.98. The van der Waals surface area contributed by atoms with E-state index >= 15 is 0 Å². The third-order valence-corrected chi connectivity index (χ3v) is 4.15. The number of carbonyl (C=O) groups excluding carboxylic acids is 3. The quantitative estimate of drug-likeness (QED) is 0.602. The van der Waals surface area contributed by atoms with Crippen LogP contribution in [0.5, 0.6) is 0 Å². The molecule has 2 N–H and O–H groups in total. The molecule has 1 aliphatic rings. The number of carbonyl (C=O) groups is 3. The number of hydrogen-bond acceptors (Lipinski definition) is 4. The lowest BCUT2D eigenvalue weighted by Gasteiger charge is -2.32. The number of likely N-dealkylation sites (tertiary alicyclic amines) is 1. The highest BCUT2D eigenvalue weighted by Gasteiger charge is 2.31. The van der Waals surface area contributed by atoms with Crippen LogP contribution in [-0.2, 0) is 14.3 Å². The number of para-hydroxylation sites is 1. The molecule has 3 amide bonds. The number of anilines is 1. The van der Waals surface area contributed by atoms with E-state index in [-0.39, 0.29) is 18.5 Å². The van der Waals surface area contributed by atoms with E-state index in [1.54, 1.807) is 23.1 Å². The van der Waals surface area contributed by atoms with Gasteiger partial charge < -0.3 is 20.3 Å². The summed E-state index contributed by atoms with van der Waals surface area (Å²) >= 11 is 0. The zero-order valence-electron chi connectivity index (χ0n) is 14.9. The number of rotatable bonds is 6. The van der Waals surface area contributed by atoms with Gasteiger partial charge in [0, 0.05) is 25.3 Å². The smallest absolute Gasteiger partial charge is 0.321 e. The number of hydrogen-bond donors (Lipinski definition) is 2. The first-order valence-electron chi connectivity index (χ1n) is 8.71. The highest BCUT2D eigenvalue weighted by molar-refractivity contribution is 5.90. The van der Waals surface area contributed by atoms with Gasteiger partial charge in [-0.2, -0.15) is 0 Å². The SMILES string of the molecule is C=CCNC(=O)C(C)OC(=O)C1CCCN(C(=O)Nc2ccccc2)C1. The molecule has 0 aromatic heterocycles. The number of benzene rings is 1. The second-order valence-electron chi connectivity index (χ2n) is 6.19. The van der Waals surface area contributed by atoms with Crippen molar-refractivity contribution in [1.29, 1.82) is 0 Å². The van der Waals surface area contributed by atoms with E-state index in [4.69, 9.17) is 4.74 Å². The Balaban J connectivity index is 1.86. The first-order chi connectivity index (χ1) is 12.5. The van der Waals surface area contributed by atoms with Gasteiger partial charge in [-0.3, -0.25) is 9.59 Å². The molecule has 1 fully saturated rings. The molecule has 1 aromatic rings. The van der Waals surface area contributed by atoms with Gasteiger partial charge in [-0.15, -0.1) is 6.58 Å². The lowest BCUT2D eigenvalue weighted by Crippen LogP contribution is -2.46. The number of nitrogens with one attached hydrogen (secondary N) is 2. The zero-order valence-corrected chi connectivity index (χ0v) is 14.9. The maximum Gasteiger partial charge on any atom is 0.321 e. The second kappa shape index (κ2) is 9.60. The Morgan fingerprint density at radius 1 is 1.35 bits per heavy atom. The molecule has 7 nitrogen and oxygen atoms in total. The van der Waals surface area contributed by atoms with Gasteiger partial charge in [-0.05, 0) is 31.9 Å². The summed E-state index contributed by atoms with van der Waals surface area (Å²) < 4.78 is 5.25. The van der Waals surface area contributed by atoms with Gasteiger partial charge in [0.05, 0.1) is 5.92 Å². The van der Waals surface area contributed by atoms with E-state index in [1.165, 1.54) is 6.92 Å². The molecule has 0 aliphatic carbocycles. The third kappa shape index (κ3) is 5.61. The molecule has 7 heteroatoms. The zero-order chi connectivity index (χ0) is 18.9. The van der Waals surface area contributed by atoms with Crippen LogP contribution in [0.25, 0.3) is 0 Å². The van der Waals surface area contributed by atoms with Crippen LogP contribution in [0.3, 0.4) is 0 Å². The average Bonchev–Trinajstić information content (AvgIpc) is 2.66. The minimum Gasteiger partial charge on any atom is -0.452 e. The summed E-state index contributed by atoms with van der Waals surface area (Å²) in [5.74, 6) is -1.25. The molecule has 1 saturated heterocycles. The molecule has 140 valence electrons. The molecule has 0 spiro atoms. The molecule has 2 rings (SSSR count). The van der Waals surface area contributed by atoms with Gasteiger partial charge in [0.25, 0.3) is 5.91 Å². The molecule has 2 atom stereocenters. The van der Waals surface area contributed by atoms with Gasteiger partial charge in [-0.25, -0.2) is 4.79 Å². The topological polar surface area (TPSA) is 87.7 Å².